The highest BCUT2D eigenvalue weighted by Gasteiger charge is 2.41. The number of benzene rings is 2. The lowest BCUT2D eigenvalue weighted by Crippen LogP contribution is -2.49. The fourth-order valence-corrected chi connectivity index (χ4v) is 7.01. The molecule has 0 saturated carbocycles. The zero-order valence-electron chi connectivity index (χ0n) is 18.5. The van der Waals surface area contributed by atoms with Crippen LogP contribution in [0.4, 0.5) is 15.1 Å². The third-order valence-corrected chi connectivity index (χ3v) is 8.97. The molecule has 0 bridgehead atoms. The second-order valence-corrected chi connectivity index (χ2v) is 11.5. The van der Waals surface area contributed by atoms with Crippen molar-refractivity contribution < 1.29 is 22.3 Å². The summed E-state index contributed by atoms with van der Waals surface area (Å²) in [6, 6.07) is 10.9. The van der Waals surface area contributed by atoms with E-state index in [2.05, 4.69) is 10.3 Å². The monoisotopic (exact) mass is 523 g/mol. The number of sulfonamides is 1. The van der Waals surface area contributed by atoms with Gasteiger partial charge in [-0.2, -0.15) is 0 Å². The first-order chi connectivity index (χ1) is 16.2. The Morgan fingerprint density at radius 2 is 2.03 bits per heavy atom. The summed E-state index contributed by atoms with van der Waals surface area (Å²) in [5.41, 5.74) is 1.71. The van der Waals surface area contributed by atoms with Gasteiger partial charge in [-0.3, -0.25) is 9.10 Å². The van der Waals surface area contributed by atoms with E-state index in [-0.39, 0.29) is 6.42 Å². The van der Waals surface area contributed by atoms with Crippen LogP contribution in [0, 0.1) is 12.7 Å². The van der Waals surface area contributed by atoms with Gasteiger partial charge >= 0.3 is 0 Å². The van der Waals surface area contributed by atoms with Crippen LogP contribution in [0.1, 0.15) is 29.1 Å². The van der Waals surface area contributed by atoms with E-state index in [1.807, 2.05) is 0 Å². The first-order valence-corrected chi connectivity index (χ1v) is 13.2. The molecule has 2 heterocycles. The fraction of sp³-hybridized carbons (Fsp3) is 0.304. The topological polar surface area (TPSA) is 88.6 Å². The lowest BCUT2D eigenvalue weighted by molar-refractivity contribution is -0.116. The van der Waals surface area contributed by atoms with Gasteiger partial charge in [-0.1, -0.05) is 11.6 Å². The van der Waals surface area contributed by atoms with Crippen LogP contribution < -0.4 is 14.4 Å². The Bertz CT molecular complexity index is 1290. The van der Waals surface area contributed by atoms with Gasteiger partial charge in [-0.15, -0.1) is 11.3 Å². The number of nitrogens with one attached hydrogen (secondary N) is 1. The number of rotatable bonds is 6. The average Bonchev–Trinajstić information content (AvgIpc) is 3.11. The van der Waals surface area contributed by atoms with Gasteiger partial charge < -0.3 is 10.1 Å². The van der Waals surface area contributed by atoms with E-state index < -0.39 is 27.0 Å². The molecule has 1 unspecified atom stereocenters. The summed E-state index contributed by atoms with van der Waals surface area (Å²) in [6.07, 6.45) is 1.12. The number of aryl methyl sites for hydroxylation is 1. The van der Waals surface area contributed by atoms with Gasteiger partial charge in [-0.25, -0.2) is 17.8 Å². The Labute approximate surface area is 206 Å². The number of thiazole rings is 1. The summed E-state index contributed by atoms with van der Waals surface area (Å²) < 4.78 is 46.6. The molecular weight excluding hydrogens is 501 g/mol. The normalized spacial score (nSPS) is 17.4. The Kier molecular flexibility index (Phi) is 7.11. The second kappa shape index (κ2) is 9.89. The molecule has 180 valence electrons. The van der Waals surface area contributed by atoms with Gasteiger partial charge in [0.25, 0.3) is 0 Å². The van der Waals surface area contributed by atoms with Crippen LogP contribution in [0.15, 0.2) is 42.5 Å². The van der Waals surface area contributed by atoms with Crippen LogP contribution in [-0.4, -0.2) is 38.2 Å². The highest BCUT2D eigenvalue weighted by atomic mass is 35.5. The van der Waals surface area contributed by atoms with E-state index in [1.165, 1.54) is 34.9 Å². The summed E-state index contributed by atoms with van der Waals surface area (Å²) in [6.45, 7) is 2.03. The molecule has 1 fully saturated rings. The van der Waals surface area contributed by atoms with Crippen LogP contribution in [0.25, 0.3) is 0 Å². The van der Waals surface area contributed by atoms with Crippen molar-refractivity contribution in [2.75, 3.05) is 23.3 Å². The summed E-state index contributed by atoms with van der Waals surface area (Å²) in [5.74, 6) is -0.414. The average molecular weight is 524 g/mol. The largest absolute Gasteiger partial charge is 0.497 e. The third kappa shape index (κ3) is 5.18. The zero-order valence-corrected chi connectivity index (χ0v) is 20.9. The van der Waals surface area contributed by atoms with Gasteiger partial charge in [0.15, 0.2) is 5.25 Å². The zero-order chi connectivity index (χ0) is 24.5. The molecule has 1 amide bonds. The van der Waals surface area contributed by atoms with Crippen molar-refractivity contribution in [2.24, 2.45) is 0 Å². The minimum absolute atomic E-state index is 0.229. The lowest BCUT2D eigenvalue weighted by atomic mass is 10.1. The van der Waals surface area contributed by atoms with Gasteiger partial charge in [0.1, 0.15) is 16.6 Å². The molecule has 34 heavy (non-hydrogen) atoms. The van der Waals surface area contributed by atoms with Gasteiger partial charge in [0.2, 0.25) is 15.9 Å². The first kappa shape index (κ1) is 24.4. The van der Waals surface area contributed by atoms with Crippen LogP contribution in [0.3, 0.4) is 0 Å². The van der Waals surface area contributed by atoms with Gasteiger partial charge in [0.05, 0.1) is 23.5 Å². The number of carbonyl (C=O) groups is 1. The molecule has 3 aromatic rings. The summed E-state index contributed by atoms with van der Waals surface area (Å²) >= 11 is 7.15. The fourth-order valence-electron chi connectivity index (χ4n) is 3.86. The van der Waals surface area contributed by atoms with Crippen molar-refractivity contribution in [2.45, 2.75) is 31.4 Å². The molecule has 11 heteroatoms. The first-order valence-electron chi connectivity index (χ1n) is 10.5. The molecule has 1 aromatic heterocycles. The summed E-state index contributed by atoms with van der Waals surface area (Å²) in [7, 11) is -2.38. The second-order valence-electron chi connectivity index (χ2n) is 7.91. The highest BCUT2D eigenvalue weighted by Crippen LogP contribution is 2.32. The SMILES string of the molecule is COc1ccc(N2CCCC(C(=O)Nc3sc(Cc4cc(F)cc(Cl)c4)nc3C)S2(=O)=O)cc1. The molecular formula is C23H23ClFN3O4S2. The van der Waals surface area contributed by atoms with E-state index >= 15 is 0 Å². The van der Waals surface area contributed by atoms with E-state index in [1.54, 1.807) is 37.3 Å². The Hall–Kier alpha value is -2.69. The van der Waals surface area contributed by atoms with E-state index in [0.29, 0.717) is 57.1 Å². The number of ether oxygens (including phenoxy) is 1. The summed E-state index contributed by atoms with van der Waals surface area (Å²) in [4.78, 5) is 17.5. The molecule has 0 aliphatic carbocycles. The Morgan fingerprint density at radius 1 is 1.29 bits per heavy atom. The molecule has 1 atom stereocenters. The molecule has 7 nitrogen and oxygen atoms in total. The lowest BCUT2D eigenvalue weighted by Gasteiger charge is -2.33. The van der Waals surface area contributed by atoms with Crippen molar-refractivity contribution in [3.05, 3.63) is 69.6 Å². The number of nitrogens with zero attached hydrogens (tertiary/aromatic N) is 2. The predicted molar refractivity (Wildman–Crippen MR) is 132 cm³/mol. The van der Waals surface area contributed by atoms with Crippen molar-refractivity contribution in [1.82, 2.24) is 4.98 Å². The number of carbonyl (C=O) groups excluding carboxylic acids is 1. The maximum Gasteiger partial charge on any atom is 0.247 e. The van der Waals surface area contributed by atoms with Crippen LogP contribution in [0.5, 0.6) is 5.75 Å². The number of aromatic nitrogens is 1. The Balaban J connectivity index is 1.50. The minimum Gasteiger partial charge on any atom is -0.497 e. The number of methoxy groups -OCH3 is 1. The van der Waals surface area contributed by atoms with Gasteiger partial charge in [0, 0.05) is 18.0 Å². The molecule has 1 aliphatic rings. The summed E-state index contributed by atoms with van der Waals surface area (Å²) in [5, 5.41) is 2.95. The third-order valence-electron chi connectivity index (χ3n) is 5.50. The predicted octanol–water partition coefficient (Wildman–Crippen LogP) is 4.78. The van der Waals surface area contributed by atoms with E-state index in [0.717, 1.165) is 0 Å². The van der Waals surface area contributed by atoms with E-state index in [4.69, 9.17) is 16.3 Å². The maximum absolute atomic E-state index is 13.6. The number of halogens is 2. The van der Waals surface area contributed by atoms with Crippen molar-refractivity contribution in [1.29, 1.82) is 0 Å². The quantitative estimate of drug-likeness (QED) is 0.502. The smallest absolute Gasteiger partial charge is 0.247 e. The van der Waals surface area contributed by atoms with Crippen LogP contribution in [-0.2, 0) is 21.2 Å². The van der Waals surface area contributed by atoms with Crippen molar-refractivity contribution >= 4 is 49.6 Å². The molecule has 0 spiro atoms. The number of anilines is 2. The molecule has 1 saturated heterocycles. The Morgan fingerprint density at radius 3 is 2.71 bits per heavy atom. The molecule has 0 radical (unpaired) electrons. The molecule has 1 aliphatic heterocycles. The number of amides is 1. The van der Waals surface area contributed by atoms with Gasteiger partial charge in [-0.05, 0) is 67.8 Å². The molecule has 4 rings (SSSR count). The van der Waals surface area contributed by atoms with Crippen molar-refractivity contribution in [3.63, 3.8) is 0 Å². The van der Waals surface area contributed by atoms with Crippen LogP contribution >= 0.6 is 22.9 Å². The highest BCUT2D eigenvalue weighted by molar-refractivity contribution is 7.94. The number of hydrogen-bond acceptors (Lipinski definition) is 6. The minimum atomic E-state index is -3.91. The molecule has 2 aromatic carbocycles. The molecule has 1 N–H and O–H groups in total. The number of hydrogen-bond donors (Lipinski definition) is 1. The van der Waals surface area contributed by atoms with E-state index in [9.17, 15) is 17.6 Å². The maximum atomic E-state index is 13.6. The standard InChI is InChI=1S/C23H23ClFN3O4S2/c1-14-23(33-21(26-14)12-15-10-16(24)13-17(25)11-15)27-22(29)20-4-3-9-28(34(20,30)31)18-5-7-19(32-2)8-6-18/h5-8,10-11,13,20H,3-4,9,12H2,1-2H3,(H,27,29). The van der Waals surface area contributed by atoms with Crippen LogP contribution in [0.2, 0.25) is 5.02 Å². The van der Waals surface area contributed by atoms with Crippen molar-refractivity contribution in [3.8, 4) is 5.75 Å².